The monoisotopic (exact) mass is 285 g/mol. The lowest BCUT2D eigenvalue weighted by Crippen LogP contribution is -2.27. The Balaban J connectivity index is 1.86. The van der Waals surface area contributed by atoms with Crippen molar-refractivity contribution in [3.05, 3.63) is 5.28 Å². The van der Waals surface area contributed by atoms with E-state index in [2.05, 4.69) is 32.2 Å². The van der Waals surface area contributed by atoms with Crippen LogP contribution in [0.4, 0.5) is 5.95 Å². The summed E-state index contributed by atoms with van der Waals surface area (Å²) in [4.78, 5) is 14.5. The summed E-state index contributed by atoms with van der Waals surface area (Å²) in [5.74, 6) is 0.458. The van der Waals surface area contributed by atoms with Crippen LogP contribution >= 0.6 is 11.6 Å². The van der Waals surface area contributed by atoms with Gasteiger partial charge in [-0.05, 0) is 45.3 Å². The van der Waals surface area contributed by atoms with Gasteiger partial charge in [0.15, 0.2) is 0 Å². The summed E-state index contributed by atoms with van der Waals surface area (Å²) >= 11 is 5.84. The summed E-state index contributed by atoms with van der Waals surface area (Å²) in [7, 11) is 2.13. The smallest absolute Gasteiger partial charge is 0.322 e. The van der Waals surface area contributed by atoms with Crippen LogP contribution in [0, 0.1) is 0 Å². The van der Waals surface area contributed by atoms with Crippen LogP contribution in [-0.4, -0.2) is 52.1 Å². The average molecular weight is 286 g/mol. The Bertz CT molecular complexity index is 425. The second kappa shape index (κ2) is 6.34. The fourth-order valence-corrected chi connectivity index (χ4v) is 1.87. The SMILES string of the molecule is CC(C)Oc1nc(Cl)nc(NCCN(C)C2CC2)n1. The minimum atomic E-state index is 0.00677. The Morgan fingerprint density at radius 1 is 1.37 bits per heavy atom. The fourth-order valence-electron chi connectivity index (χ4n) is 1.72. The van der Waals surface area contributed by atoms with Gasteiger partial charge in [0.05, 0.1) is 6.10 Å². The Labute approximate surface area is 118 Å². The second-order valence-corrected chi connectivity index (χ2v) is 5.35. The molecule has 1 aromatic rings. The largest absolute Gasteiger partial charge is 0.461 e. The normalized spacial score (nSPS) is 15.1. The van der Waals surface area contributed by atoms with Crippen LogP contribution in [0.3, 0.4) is 0 Å². The van der Waals surface area contributed by atoms with Gasteiger partial charge in [0, 0.05) is 19.1 Å². The maximum atomic E-state index is 5.84. The van der Waals surface area contributed by atoms with Gasteiger partial charge < -0.3 is 15.0 Å². The first-order valence-electron chi connectivity index (χ1n) is 6.57. The molecule has 0 amide bonds. The third kappa shape index (κ3) is 4.80. The Morgan fingerprint density at radius 3 is 2.74 bits per heavy atom. The van der Waals surface area contributed by atoms with Gasteiger partial charge in [0.1, 0.15) is 0 Å². The van der Waals surface area contributed by atoms with E-state index in [1.807, 2.05) is 13.8 Å². The number of likely N-dealkylation sites (N-methyl/N-ethyl adjacent to an activating group) is 1. The predicted molar refractivity (Wildman–Crippen MR) is 74.7 cm³/mol. The van der Waals surface area contributed by atoms with Gasteiger partial charge in [-0.2, -0.15) is 15.0 Å². The van der Waals surface area contributed by atoms with Crippen LogP contribution in [-0.2, 0) is 0 Å². The lowest BCUT2D eigenvalue weighted by molar-refractivity contribution is 0.222. The van der Waals surface area contributed by atoms with E-state index in [1.165, 1.54) is 12.8 Å². The van der Waals surface area contributed by atoms with E-state index >= 15 is 0 Å². The van der Waals surface area contributed by atoms with Crippen molar-refractivity contribution >= 4 is 17.5 Å². The van der Waals surface area contributed by atoms with E-state index in [1.54, 1.807) is 0 Å². The predicted octanol–water partition coefficient (Wildman–Crippen LogP) is 1.82. The van der Waals surface area contributed by atoms with Gasteiger partial charge >= 0.3 is 6.01 Å². The minimum Gasteiger partial charge on any atom is -0.461 e. The van der Waals surface area contributed by atoms with Crippen LogP contribution in [0.5, 0.6) is 6.01 Å². The van der Waals surface area contributed by atoms with Crippen molar-refractivity contribution in [3.8, 4) is 6.01 Å². The van der Waals surface area contributed by atoms with E-state index in [0.29, 0.717) is 5.95 Å². The van der Waals surface area contributed by atoms with E-state index in [-0.39, 0.29) is 17.4 Å². The first kappa shape index (κ1) is 14.3. The molecule has 0 spiro atoms. The molecule has 0 aromatic carbocycles. The summed E-state index contributed by atoms with van der Waals surface area (Å²) in [5, 5.41) is 3.29. The van der Waals surface area contributed by atoms with E-state index in [4.69, 9.17) is 16.3 Å². The third-order valence-corrected chi connectivity index (χ3v) is 3.02. The number of aromatic nitrogens is 3. The van der Waals surface area contributed by atoms with Gasteiger partial charge in [-0.15, -0.1) is 0 Å². The Hall–Kier alpha value is -1.14. The third-order valence-electron chi connectivity index (χ3n) is 2.85. The zero-order valence-electron chi connectivity index (χ0n) is 11.6. The average Bonchev–Trinajstić information content (AvgIpc) is 3.10. The number of hydrogen-bond acceptors (Lipinski definition) is 6. The lowest BCUT2D eigenvalue weighted by atomic mass is 10.5. The number of hydrogen-bond donors (Lipinski definition) is 1. The highest BCUT2D eigenvalue weighted by Gasteiger charge is 2.25. The zero-order valence-corrected chi connectivity index (χ0v) is 12.3. The van der Waals surface area contributed by atoms with Gasteiger partial charge in [-0.3, -0.25) is 0 Å². The van der Waals surface area contributed by atoms with Crippen molar-refractivity contribution < 1.29 is 4.74 Å². The van der Waals surface area contributed by atoms with Crippen molar-refractivity contribution in [2.45, 2.75) is 38.8 Å². The van der Waals surface area contributed by atoms with Crippen LogP contribution in [0.15, 0.2) is 0 Å². The molecular weight excluding hydrogens is 266 g/mol. The summed E-state index contributed by atoms with van der Waals surface area (Å²) < 4.78 is 5.41. The first-order chi connectivity index (χ1) is 9.04. The highest BCUT2D eigenvalue weighted by atomic mass is 35.5. The molecule has 0 bridgehead atoms. The zero-order chi connectivity index (χ0) is 13.8. The number of ether oxygens (including phenoxy) is 1. The molecule has 0 saturated heterocycles. The molecule has 0 atom stereocenters. The maximum Gasteiger partial charge on any atom is 0.322 e. The van der Waals surface area contributed by atoms with Crippen molar-refractivity contribution in [2.75, 3.05) is 25.5 Å². The quantitative estimate of drug-likeness (QED) is 0.824. The summed E-state index contributed by atoms with van der Waals surface area (Å²) in [6, 6.07) is 1.01. The maximum absolute atomic E-state index is 5.84. The standard InChI is InChI=1S/C12H20ClN5O/c1-8(2)19-12-16-10(13)15-11(17-12)14-6-7-18(3)9-4-5-9/h8-9H,4-7H2,1-3H3,(H,14,15,16,17). The number of anilines is 1. The number of halogens is 1. The summed E-state index contributed by atoms with van der Waals surface area (Å²) in [6.45, 7) is 5.55. The highest BCUT2D eigenvalue weighted by molar-refractivity contribution is 6.28. The fraction of sp³-hybridized carbons (Fsp3) is 0.750. The molecule has 1 N–H and O–H groups in total. The molecule has 1 aliphatic carbocycles. The molecule has 7 heteroatoms. The minimum absolute atomic E-state index is 0.00677. The molecule has 1 aromatic heterocycles. The number of rotatable bonds is 7. The molecule has 1 saturated carbocycles. The van der Waals surface area contributed by atoms with Crippen molar-refractivity contribution in [3.63, 3.8) is 0 Å². The second-order valence-electron chi connectivity index (χ2n) is 5.02. The molecule has 19 heavy (non-hydrogen) atoms. The highest BCUT2D eigenvalue weighted by Crippen LogP contribution is 2.24. The molecule has 0 radical (unpaired) electrons. The molecule has 0 unspecified atom stereocenters. The van der Waals surface area contributed by atoms with Gasteiger partial charge in [0.25, 0.3) is 0 Å². The molecule has 1 fully saturated rings. The molecule has 1 aliphatic rings. The molecular formula is C12H20ClN5O. The molecule has 106 valence electrons. The molecule has 0 aliphatic heterocycles. The lowest BCUT2D eigenvalue weighted by Gasteiger charge is -2.15. The molecule has 2 rings (SSSR count). The topological polar surface area (TPSA) is 63.2 Å². The number of nitrogens with zero attached hydrogens (tertiary/aromatic N) is 4. The Kier molecular flexibility index (Phi) is 4.76. The van der Waals surface area contributed by atoms with Crippen LogP contribution in [0.1, 0.15) is 26.7 Å². The van der Waals surface area contributed by atoms with Crippen molar-refractivity contribution in [2.24, 2.45) is 0 Å². The van der Waals surface area contributed by atoms with Gasteiger partial charge in [0.2, 0.25) is 11.2 Å². The van der Waals surface area contributed by atoms with E-state index in [0.717, 1.165) is 19.1 Å². The van der Waals surface area contributed by atoms with Crippen LogP contribution in [0.2, 0.25) is 5.28 Å². The Morgan fingerprint density at radius 2 is 2.11 bits per heavy atom. The summed E-state index contributed by atoms with van der Waals surface area (Å²) in [5.41, 5.74) is 0. The summed E-state index contributed by atoms with van der Waals surface area (Å²) in [6.07, 6.45) is 2.62. The van der Waals surface area contributed by atoms with Gasteiger partial charge in [-0.1, -0.05) is 0 Å². The first-order valence-corrected chi connectivity index (χ1v) is 6.94. The van der Waals surface area contributed by atoms with Crippen molar-refractivity contribution in [1.82, 2.24) is 19.9 Å². The van der Waals surface area contributed by atoms with Crippen LogP contribution < -0.4 is 10.1 Å². The van der Waals surface area contributed by atoms with E-state index < -0.39 is 0 Å². The molecule has 6 nitrogen and oxygen atoms in total. The van der Waals surface area contributed by atoms with Crippen LogP contribution in [0.25, 0.3) is 0 Å². The number of nitrogens with one attached hydrogen (secondary N) is 1. The van der Waals surface area contributed by atoms with Gasteiger partial charge in [-0.25, -0.2) is 0 Å². The molecule has 1 heterocycles. The van der Waals surface area contributed by atoms with Crippen molar-refractivity contribution in [1.29, 1.82) is 0 Å². The van der Waals surface area contributed by atoms with E-state index in [9.17, 15) is 0 Å².